The van der Waals surface area contributed by atoms with E-state index in [1.807, 2.05) is 6.07 Å². The number of unbranched alkanes of at least 4 members (excludes halogenated alkanes) is 3. The molecular weight excluding hydrogens is 202 g/mol. The summed E-state index contributed by atoms with van der Waals surface area (Å²) >= 11 is 0. The summed E-state index contributed by atoms with van der Waals surface area (Å²) in [5, 5.41) is 21.8. The number of hydrogen-bond donors (Lipinski definition) is 3. The molecule has 0 aliphatic rings. The minimum absolute atomic E-state index is 0.0507. The molecule has 0 saturated carbocycles. The van der Waals surface area contributed by atoms with Crippen LogP contribution in [0.5, 0.6) is 11.5 Å². The second kappa shape index (κ2) is 7.12. The molecule has 90 valence electrons. The lowest BCUT2D eigenvalue weighted by molar-refractivity contribution is 0.403. The van der Waals surface area contributed by atoms with Crippen molar-refractivity contribution in [1.82, 2.24) is 5.32 Å². The molecule has 0 amide bonds. The smallest absolute Gasteiger partial charge is 0.157 e. The number of nitrogens with one attached hydrogen (secondary N) is 1. The fourth-order valence-corrected chi connectivity index (χ4v) is 1.59. The van der Waals surface area contributed by atoms with Crippen LogP contribution in [0.4, 0.5) is 0 Å². The topological polar surface area (TPSA) is 52.5 Å². The number of benzene rings is 1. The van der Waals surface area contributed by atoms with Crippen LogP contribution in [0.25, 0.3) is 0 Å². The Balaban J connectivity index is 2.19. The van der Waals surface area contributed by atoms with Gasteiger partial charge < -0.3 is 15.5 Å². The van der Waals surface area contributed by atoms with Crippen LogP contribution in [-0.2, 0) is 6.54 Å². The Bertz CT molecular complexity index is 313. The molecule has 1 aromatic carbocycles. The third-order valence-corrected chi connectivity index (χ3v) is 2.58. The lowest BCUT2D eigenvalue weighted by atomic mass is 10.2. The third-order valence-electron chi connectivity index (χ3n) is 2.58. The van der Waals surface area contributed by atoms with E-state index < -0.39 is 0 Å². The van der Waals surface area contributed by atoms with Crippen molar-refractivity contribution in [3.8, 4) is 11.5 Å². The molecule has 0 atom stereocenters. The molecule has 1 aromatic rings. The summed E-state index contributed by atoms with van der Waals surface area (Å²) in [6.45, 7) is 3.94. The van der Waals surface area contributed by atoms with Crippen LogP contribution in [0.15, 0.2) is 18.2 Å². The minimum Gasteiger partial charge on any atom is -0.504 e. The lowest BCUT2D eigenvalue weighted by Gasteiger charge is -2.05. The van der Waals surface area contributed by atoms with E-state index in [9.17, 15) is 5.11 Å². The zero-order valence-electron chi connectivity index (χ0n) is 9.87. The van der Waals surface area contributed by atoms with Crippen LogP contribution < -0.4 is 5.32 Å². The monoisotopic (exact) mass is 223 g/mol. The largest absolute Gasteiger partial charge is 0.504 e. The normalized spacial score (nSPS) is 10.6. The minimum atomic E-state index is -0.0632. The van der Waals surface area contributed by atoms with Gasteiger partial charge in [-0.3, -0.25) is 0 Å². The Hall–Kier alpha value is -1.22. The van der Waals surface area contributed by atoms with E-state index in [0.29, 0.717) is 0 Å². The number of phenolic OH excluding ortho intramolecular Hbond substituents is 2. The molecular formula is C13H21NO2. The fraction of sp³-hybridized carbons (Fsp3) is 0.538. The lowest BCUT2D eigenvalue weighted by Crippen LogP contribution is -2.14. The van der Waals surface area contributed by atoms with Crippen LogP contribution in [-0.4, -0.2) is 16.8 Å². The molecule has 0 unspecified atom stereocenters. The molecule has 3 N–H and O–H groups in total. The summed E-state index contributed by atoms with van der Waals surface area (Å²) in [4.78, 5) is 0. The number of hydrogen-bond acceptors (Lipinski definition) is 3. The van der Waals surface area contributed by atoms with E-state index in [1.165, 1.54) is 31.7 Å². The molecule has 0 aromatic heterocycles. The van der Waals surface area contributed by atoms with Crippen molar-refractivity contribution >= 4 is 0 Å². The van der Waals surface area contributed by atoms with Gasteiger partial charge in [0, 0.05) is 6.54 Å². The highest BCUT2D eigenvalue weighted by molar-refractivity contribution is 5.40. The van der Waals surface area contributed by atoms with Crippen molar-refractivity contribution in [2.24, 2.45) is 0 Å². The molecule has 0 aliphatic heterocycles. The number of rotatable bonds is 7. The first-order valence-electron chi connectivity index (χ1n) is 5.95. The first kappa shape index (κ1) is 12.8. The molecule has 3 heteroatoms. The average Bonchev–Trinajstić information content (AvgIpc) is 2.28. The van der Waals surface area contributed by atoms with Gasteiger partial charge in [0.15, 0.2) is 11.5 Å². The Kier molecular flexibility index (Phi) is 5.72. The highest BCUT2D eigenvalue weighted by Crippen LogP contribution is 2.24. The van der Waals surface area contributed by atoms with Crippen LogP contribution in [0.2, 0.25) is 0 Å². The van der Waals surface area contributed by atoms with Crippen LogP contribution in [0, 0.1) is 0 Å². The molecule has 0 spiro atoms. The molecule has 16 heavy (non-hydrogen) atoms. The molecule has 3 nitrogen and oxygen atoms in total. The highest BCUT2D eigenvalue weighted by Gasteiger charge is 1.99. The van der Waals surface area contributed by atoms with E-state index in [0.717, 1.165) is 18.7 Å². The third kappa shape index (κ3) is 4.53. The summed E-state index contributed by atoms with van der Waals surface area (Å²) < 4.78 is 0. The number of phenols is 2. The van der Waals surface area contributed by atoms with Crippen LogP contribution in [0.1, 0.15) is 38.2 Å². The Morgan fingerprint density at radius 2 is 1.88 bits per heavy atom. The average molecular weight is 223 g/mol. The zero-order chi connectivity index (χ0) is 11.8. The van der Waals surface area contributed by atoms with Crippen molar-refractivity contribution < 1.29 is 10.2 Å². The zero-order valence-corrected chi connectivity index (χ0v) is 9.87. The predicted molar refractivity (Wildman–Crippen MR) is 65.6 cm³/mol. The standard InChI is InChI=1S/C13H21NO2/c1-2-3-4-5-8-14-10-11-6-7-12(15)13(16)9-11/h6-7,9,14-16H,2-5,8,10H2,1H3. The van der Waals surface area contributed by atoms with Gasteiger partial charge in [0.05, 0.1) is 0 Å². The van der Waals surface area contributed by atoms with Gasteiger partial charge in [-0.15, -0.1) is 0 Å². The summed E-state index contributed by atoms with van der Waals surface area (Å²) in [6.07, 6.45) is 5.01. The van der Waals surface area contributed by atoms with Crippen LogP contribution >= 0.6 is 0 Å². The van der Waals surface area contributed by atoms with Gasteiger partial charge in [0.25, 0.3) is 0 Å². The van der Waals surface area contributed by atoms with Gasteiger partial charge in [-0.05, 0) is 30.7 Å². The van der Waals surface area contributed by atoms with E-state index in [-0.39, 0.29) is 11.5 Å². The SMILES string of the molecule is CCCCCCNCc1ccc(O)c(O)c1. The molecule has 0 saturated heterocycles. The molecule has 1 rings (SSSR count). The van der Waals surface area contributed by atoms with Gasteiger partial charge in [-0.2, -0.15) is 0 Å². The Labute approximate surface area is 97.1 Å². The van der Waals surface area contributed by atoms with Crippen molar-refractivity contribution in [2.45, 2.75) is 39.2 Å². The van der Waals surface area contributed by atoms with Crippen LogP contribution in [0.3, 0.4) is 0 Å². The van der Waals surface area contributed by atoms with Gasteiger partial charge in [0.1, 0.15) is 0 Å². The van der Waals surface area contributed by atoms with Crippen molar-refractivity contribution in [1.29, 1.82) is 0 Å². The number of aromatic hydroxyl groups is 2. The van der Waals surface area contributed by atoms with Gasteiger partial charge in [0.2, 0.25) is 0 Å². The van der Waals surface area contributed by atoms with Gasteiger partial charge in [-0.25, -0.2) is 0 Å². The first-order valence-corrected chi connectivity index (χ1v) is 5.95. The van der Waals surface area contributed by atoms with E-state index >= 15 is 0 Å². The Morgan fingerprint density at radius 1 is 1.06 bits per heavy atom. The van der Waals surface area contributed by atoms with E-state index in [4.69, 9.17) is 5.11 Å². The quantitative estimate of drug-likeness (QED) is 0.492. The van der Waals surface area contributed by atoms with Crippen molar-refractivity contribution in [3.63, 3.8) is 0 Å². The molecule has 0 aliphatic carbocycles. The van der Waals surface area contributed by atoms with Gasteiger partial charge in [-0.1, -0.05) is 32.3 Å². The maximum atomic E-state index is 9.29. The molecule has 0 fully saturated rings. The summed E-state index contributed by atoms with van der Waals surface area (Å²) in [7, 11) is 0. The van der Waals surface area contributed by atoms with E-state index in [2.05, 4.69) is 12.2 Å². The maximum absolute atomic E-state index is 9.29. The second-order valence-corrected chi connectivity index (χ2v) is 4.06. The predicted octanol–water partition coefficient (Wildman–Crippen LogP) is 2.77. The molecule has 0 bridgehead atoms. The first-order chi connectivity index (χ1) is 7.74. The molecule has 0 radical (unpaired) electrons. The Morgan fingerprint density at radius 3 is 2.56 bits per heavy atom. The highest BCUT2D eigenvalue weighted by atomic mass is 16.3. The summed E-state index contributed by atoms with van der Waals surface area (Å²) in [5.41, 5.74) is 0.991. The van der Waals surface area contributed by atoms with E-state index in [1.54, 1.807) is 6.07 Å². The summed E-state index contributed by atoms with van der Waals surface area (Å²) in [5.74, 6) is -0.114. The fourth-order valence-electron chi connectivity index (χ4n) is 1.59. The van der Waals surface area contributed by atoms with Crippen molar-refractivity contribution in [2.75, 3.05) is 6.54 Å². The molecule has 0 heterocycles. The maximum Gasteiger partial charge on any atom is 0.157 e. The summed E-state index contributed by atoms with van der Waals surface area (Å²) in [6, 6.07) is 4.92. The van der Waals surface area contributed by atoms with Gasteiger partial charge >= 0.3 is 0 Å². The van der Waals surface area contributed by atoms with Crippen molar-refractivity contribution in [3.05, 3.63) is 23.8 Å². The second-order valence-electron chi connectivity index (χ2n) is 4.06.